The summed E-state index contributed by atoms with van der Waals surface area (Å²) in [5.41, 5.74) is 2.85. The second-order valence-electron chi connectivity index (χ2n) is 5.16. The van der Waals surface area contributed by atoms with Gasteiger partial charge < -0.3 is 10.0 Å². The molecule has 0 spiro atoms. The van der Waals surface area contributed by atoms with Crippen LogP contribution in [0.2, 0.25) is 0 Å². The lowest BCUT2D eigenvalue weighted by molar-refractivity contribution is -0.141. The Labute approximate surface area is 123 Å². The molecule has 2 rings (SSSR count). The van der Waals surface area contributed by atoms with Crippen LogP contribution >= 0.6 is 11.8 Å². The van der Waals surface area contributed by atoms with Crippen LogP contribution in [0.1, 0.15) is 13.3 Å². The fourth-order valence-electron chi connectivity index (χ4n) is 2.45. The maximum atomic E-state index is 12.4. The zero-order valence-electron chi connectivity index (χ0n) is 11.9. The summed E-state index contributed by atoms with van der Waals surface area (Å²) in [4.78, 5) is 27.3. The number of thioether (sulfide) groups is 1. The Balaban J connectivity index is 1.96. The maximum Gasteiger partial charge on any atom is 0.333 e. The van der Waals surface area contributed by atoms with Gasteiger partial charge >= 0.3 is 12.0 Å². The minimum Gasteiger partial charge on any atom is -0.480 e. The number of aliphatic carboxylic acids is 1. The van der Waals surface area contributed by atoms with Crippen molar-refractivity contribution in [1.82, 2.24) is 20.2 Å². The number of carboxylic acid groups (broad SMARTS) is 1. The normalized spacial score (nSPS) is 28.6. The number of carbonyl (C=O) groups excluding carboxylic acids is 1. The fraction of sp³-hybridized carbons (Fsp3) is 0.833. The molecular weight excluding hydrogens is 280 g/mol. The Kier molecular flexibility index (Phi) is 5.11. The molecule has 0 bridgehead atoms. The molecule has 2 heterocycles. The Morgan fingerprint density at radius 3 is 2.50 bits per heavy atom. The lowest BCUT2D eigenvalue weighted by atomic mass is 10.3. The molecule has 2 saturated heterocycles. The van der Waals surface area contributed by atoms with E-state index in [4.69, 9.17) is 0 Å². The highest BCUT2D eigenvalue weighted by molar-refractivity contribution is 8.00. The van der Waals surface area contributed by atoms with Crippen molar-refractivity contribution in [2.45, 2.75) is 24.8 Å². The number of amides is 2. The summed E-state index contributed by atoms with van der Waals surface area (Å²) < 4.78 is 0. The minimum absolute atomic E-state index is 0.0523. The summed E-state index contributed by atoms with van der Waals surface area (Å²) in [6.07, 6.45) is 0.755. The second kappa shape index (κ2) is 6.64. The zero-order valence-corrected chi connectivity index (χ0v) is 12.7. The molecule has 0 aromatic carbocycles. The van der Waals surface area contributed by atoms with Crippen LogP contribution in [0.3, 0.4) is 0 Å². The molecule has 2 amide bonds. The van der Waals surface area contributed by atoms with Gasteiger partial charge in [-0.15, -0.1) is 11.8 Å². The molecule has 7 nitrogen and oxygen atoms in total. The highest BCUT2D eigenvalue weighted by Crippen LogP contribution is 2.31. The molecule has 0 radical (unpaired) electrons. The van der Waals surface area contributed by atoms with E-state index < -0.39 is 12.0 Å². The number of carbonyl (C=O) groups is 2. The first-order valence-corrected chi connectivity index (χ1v) is 7.94. The van der Waals surface area contributed by atoms with Gasteiger partial charge in [0.05, 0.1) is 5.37 Å². The number of urea groups is 1. The van der Waals surface area contributed by atoms with Crippen LogP contribution in [0.15, 0.2) is 0 Å². The number of nitrogens with zero attached hydrogens (tertiary/aromatic N) is 3. The van der Waals surface area contributed by atoms with E-state index in [9.17, 15) is 14.7 Å². The topological polar surface area (TPSA) is 76.1 Å². The van der Waals surface area contributed by atoms with Crippen LogP contribution < -0.4 is 5.43 Å². The van der Waals surface area contributed by atoms with Gasteiger partial charge in [0.1, 0.15) is 6.04 Å². The molecule has 2 fully saturated rings. The highest BCUT2D eigenvalue weighted by Gasteiger charge is 2.41. The van der Waals surface area contributed by atoms with Crippen LogP contribution in [0.4, 0.5) is 4.79 Å². The molecule has 0 aromatic heterocycles. The lowest BCUT2D eigenvalue weighted by Crippen LogP contribution is -2.58. The van der Waals surface area contributed by atoms with E-state index in [1.54, 1.807) is 0 Å². The van der Waals surface area contributed by atoms with Crippen LogP contribution in [-0.4, -0.2) is 82.3 Å². The van der Waals surface area contributed by atoms with Gasteiger partial charge in [0, 0.05) is 31.9 Å². The molecular formula is C12H22N4O3S. The summed E-state index contributed by atoms with van der Waals surface area (Å²) in [6, 6.07) is -1.02. The van der Waals surface area contributed by atoms with Gasteiger partial charge in [-0.05, 0) is 13.5 Å². The minimum atomic E-state index is -0.929. The van der Waals surface area contributed by atoms with Crippen molar-refractivity contribution in [1.29, 1.82) is 0 Å². The van der Waals surface area contributed by atoms with E-state index in [2.05, 4.69) is 10.3 Å². The molecule has 2 aliphatic heterocycles. The van der Waals surface area contributed by atoms with Crippen molar-refractivity contribution in [3.05, 3.63) is 0 Å². The number of carboxylic acids is 1. The molecule has 2 aliphatic rings. The lowest BCUT2D eigenvalue weighted by Gasteiger charge is -2.35. The number of hydrogen-bond donors (Lipinski definition) is 2. The summed E-state index contributed by atoms with van der Waals surface area (Å²) in [5.74, 6) is -0.466. The van der Waals surface area contributed by atoms with Crippen LogP contribution in [-0.2, 0) is 4.79 Å². The third-order valence-electron chi connectivity index (χ3n) is 3.72. The standard InChI is InChI=1S/C12H22N4O3S/c1-3-10-16(9(8-20-10)11(17)18)12(19)13-15-6-4-14(2)5-7-15/h9-10H,3-8H2,1-2H3,(H,13,19)(H,17,18). The van der Waals surface area contributed by atoms with Crippen LogP contribution in [0.25, 0.3) is 0 Å². The highest BCUT2D eigenvalue weighted by atomic mass is 32.2. The van der Waals surface area contributed by atoms with Crippen molar-refractivity contribution in [2.24, 2.45) is 0 Å². The largest absolute Gasteiger partial charge is 0.480 e. The maximum absolute atomic E-state index is 12.4. The monoisotopic (exact) mass is 302 g/mol. The zero-order chi connectivity index (χ0) is 14.7. The van der Waals surface area contributed by atoms with E-state index in [0.29, 0.717) is 5.75 Å². The first kappa shape index (κ1) is 15.4. The smallest absolute Gasteiger partial charge is 0.333 e. The van der Waals surface area contributed by atoms with Crippen LogP contribution in [0.5, 0.6) is 0 Å². The van der Waals surface area contributed by atoms with Crippen molar-refractivity contribution in [2.75, 3.05) is 39.0 Å². The van der Waals surface area contributed by atoms with Gasteiger partial charge in [-0.25, -0.2) is 14.6 Å². The van der Waals surface area contributed by atoms with E-state index in [1.165, 1.54) is 16.7 Å². The fourth-order valence-corrected chi connectivity index (χ4v) is 3.80. The molecule has 2 unspecified atom stereocenters. The quantitative estimate of drug-likeness (QED) is 0.770. The molecule has 2 N–H and O–H groups in total. The molecule has 20 heavy (non-hydrogen) atoms. The summed E-state index contributed by atoms with van der Waals surface area (Å²) in [6.45, 7) is 5.29. The third-order valence-corrected chi connectivity index (χ3v) is 5.17. The number of likely N-dealkylation sites (N-methyl/N-ethyl adjacent to an activating group) is 1. The second-order valence-corrected chi connectivity index (χ2v) is 6.38. The van der Waals surface area contributed by atoms with Gasteiger partial charge in [-0.1, -0.05) is 6.92 Å². The Hall–Kier alpha value is -0.990. The summed E-state index contributed by atoms with van der Waals surface area (Å²) in [5, 5.41) is 11.1. The Bertz CT molecular complexity index is 374. The third kappa shape index (κ3) is 3.36. The van der Waals surface area contributed by atoms with E-state index in [1.807, 2.05) is 19.0 Å². The van der Waals surface area contributed by atoms with Gasteiger partial charge in [0.2, 0.25) is 0 Å². The molecule has 0 aliphatic carbocycles. The predicted molar refractivity (Wildman–Crippen MR) is 77.4 cm³/mol. The number of hydrogen-bond acceptors (Lipinski definition) is 5. The first-order valence-electron chi connectivity index (χ1n) is 6.89. The average molecular weight is 302 g/mol. The van der Waals surface area contributed by atoms with Gasteiger partial charge in [0.15, 0.2) is 0 Å². The SMILES string of the molecule is CCC1SCC(C(=O)O)N1C(=O)NN1CCN(C)CC1. The van der Waals surface area contributed by atoms with E-state index in [-0.39, 0.29) is 11.4 Å². The van der Waals surface area contributed by atoms with E-state index >= 15 is 0 Å². The number of nitrogens with one attached hydrogen (secondary N) is 1. The molecule has 114 valence electrons. The van der Waals surface area contributed by atoms with Crippen molar-refractivity contribution < 1.29 is 14.7 Å². The Morgan fingerprint density at radius 1 is 1.30 bits per heavy atom. The van der Waals surface area contributed by atoms with Crippen LogP contribution in [0, 0.1) is 0 Å². The van der Waals surface area contributed by atoms with Gasteiger partial charge in [-0.2, -0.15) is 0 Å². The Morgan fingerprint density at radius 2 is 1.95 bits per heavy atom. The van der Waals surface area contributed by atoms with Crippen molar-refractivity contribution in [3.8, 4) is 0 Å². The molecule has 8 heteroatoms. The predicted octanol–water partition coefficient (Wildman–Crippen LogP) is 0.0965. The number of hydrazine groups is 1. The number of piperazine rings is 1. The van der Waals surface area contributed by atoms with E-state index in [0.717, 1.165) is 32.6 Å². The van der Waals surface area contributed by atoms with Crippen molar-refractivity contribution in [3.63, 3.8) is 0 Å². The number of rotatable bonds is 3. The van der Waals surface area contributed by atoms with Gasteiger partial charge in [-0.3, -0.25) is 10.3 Å². The van der Waals surface area contributed by atoms with Crippen molar-refractivity contribution >= 4 is 23.8 Å². The summed E-state index contributed by atoms with van der Waals surface area (Å²) in [7, 11) is 2.05. The first-order chi connectivity index (χ1) is 9.52. The summed E-state index contributed by atoms with van der Waals surface area (Å²) >= 11 is 1.54. The molecule has 2 atom stereocenters. The average Bonchev–Trinajstić information content (AvgIpc) is 2.85. The molecule has 0 aromatic rings. The van der Waals surface area contributed by atoms with Gasteiger partial charge in [0.25, 0.3) is 0 Å². The molecule has 0 saturated carbocycles.